The van der Waals surface area contributed by atoms with Gasteiger partial charge in [-0.25, -0.2) is 0 Å². The molecular weight excluding hydrogens is 292 g/mol. The van der Waals surface area contributed by atoms with Gasteiger partial charge in [-0.1, -0.05) is 22.0 Å². The van der Waals surface area contributed by atoms with Crippen LogP contribution in [0.5, 0.6) is 5.75 Å². The van der Waals surface area contributed by atoms with Gasteiger partial charge in [-0.15, -0.1) is 0 Å². The van der Waals surface area contributed by atoms with Gasteiger partial charge < -0.3 is 10.5 Å². The molecule has 1 saturated carbocycles. The van der Waals surface area contributed by atoms with E-state index in [9.17, 15) is 0 Å². The van der Waals surface area contributed by atoms with Gasteiger partial charge in [0.2, 0.25) is 0 Å². The molecule has 0 aliphatic heterocycles. The molecule has 100 valence electrons. The van der Waals surface area contributed by atoms with Crippen molar-refractivity contribution in [1.29, 1.82) is 0 Å². The van der Waals surface area contributed by atoms with Crippen molar-refractivity contribution in [2.24, 2.45) is 11.7 Å². The van der Waals surface area contributed by atoms with Gasteiger partial charge >= 0.3 is 0 Å². The summed E-state index contributed by atoms with van der Waals surface area (Å²) in [5.74, 6) is 1.68. The van der Waals surface area contributed by atoms with E-state index < -0.39 is 0 Å². The second kappa shape index (κ2) is 6.04. The maximum absolute atomic E-state index is 5.88. The maximum atomic E-state index is 5.88. The molecule has 0 saturated heterocycles. The van der Waals surface area contributed by atoms with E-state index in [-0.39, 0.29) is 0 Å². The number of nitrogens with two attached hydrogens (primary N) is 1. The van der Waals surface area contributed by atoms with Crippen molar-refractivity contribution >= 4 is 15.9 Å². The van der Waals surface area contributed by atoms with Gasteiger partial charge in [0.15, 0.2) is 0 Å². The van der Waals surface area contributed by atoms with Crippen molar-refractivity contribution < 1.29 is 4.74 Å². The maximum Gasteiger partial charge on any atom is 0.120 e. The monoisotopic (exact) mass is 312 g/mol. The van der Waals surface area contributed by atoms with Crippen LogP contribution in [0.15, 0.2) is 22.7 Å². The Hall–Kier alpha value is -0.580. The molecular formula is C14H21BrN2O. The molecule has 1 aromatic carbocycles. The van der Waals surface area contributed by atoms with Crippen LogP contribution < -0.4 is 10.5 Å². The Morgan fingerprint density at radius 2 is 2.22 bits per heavy atom. The summed E-state index contributed by atoms with van der Waals surface area (Å²) in [6.45, 7) is 1.66. The predicted molar refractivity (Wildman–Crippen MR) is 77.7 cm³/mol. The normalized spacial score (nSPS) is 16.9. The first-order valence-electron chi connectivity index (χ1n) is 6.38. The van der Waals surface area contributed by atoms with E-state index in [2.05, 4.69) is 33.9 Å². The third kappa shape index (κ3) is 3.25. The number of halogens is 1. The largest absolute Gasteiger partial charge is 0.497 e. The number of rotatable bonds is 6. The van der Waals surface area contributed by atoms with E-state index in [0.717, 1.165) is 29.2 Å². The van der Waals surface area contributed by atoms with E-state index in [1.807, 2.05) is 12.1 Å². The fraction of sp³-hybridized carbons (Fsp3) is 0.571. The van der Waals surface area contributed by atoms with Crippen molar-refractivity contribution in [2.75, 3.05) is 20.7 Å². The van der Waals surface area contributed by atoms with E-state index in [1.54, 1.807) is 7.11 Å². The summed E-state index contributed by atoms with van der Waals surface area (Å²) in [7, 11) is 3.84. The molecule has 18 heavy (non-hydrogen) atoms. The molecule has 2 N–H and O–H groups in total. The van der Waals surface area contributed by atoms with E-state index in [0.29, 0.717) is 6.04 Å². The van der Waals surface area contributed by atoms with Crippen LogP contribution >= 0.6 is 15.9 Å². The van der Waals surface area contributed by atoms with Crippen LogP contribution in [0.4, 0.5) is 0 Å². The van der Waals surface area contributed by atoms with E-state index in [4.69, 9.17) is 10.5 Å². The summed E-state index contributed by atoms with van der Waals surface area (Å²) < 4.78 is 6.31. The van der Waals surface area contributed by atoms with Gasteiger partial charge in [0.05, 0.1) is 7.11 Å². The highest BCUT2D eigenvalue weighted by molar-refractivity contribution is 9.10. The van der Waals surface area contributed by atoms with Gasteiger partial charge in [0.25, 0.3) is 0 Å². The standard InChI is InChI=1S/C14H21BrN2O/c1-17(14(8-16)10-3-4-10)9-11-5-6-12(18-2)7-13(11)15/h5-7,10,14H,3-4,8-9,16H2,1-2H3. The summed E-state index contributed by atoms with van der Waals surface area (Å²) in [5.41, 5.74) is 7.15. The lowest BCUT2D eigenvalue weighted by Crippen LogP contribution is -2.39. The lowest BCUT2D eigenvalue weighted by atomic mass is 10.1. The average Bonchev–Trinajstić information content (AvgIpc) is 3.17. The third-order valence-electron chi connectivity index (χ3n) is 3.65. The van der Waals surface area contributed by atoms with Crippen LogP contribution in [0.25, 0.3) is 0 Å². The molecule has 2 rings (SSSR count). The minimum atomic E-state index is 0.513. The van der Waals surface area contributed by atoms with Crippen LogP contribution in [0.2, 0.25) is 0 Å². The Morgan fingerprint density at radius 3 is 2.72 bits per heavy atom. The predicted octanol–water partition coefficient (Wildman–Crippen LogP) is 2.63. The number of ether oxygens (including phenoxy) is 1. The van der Waals surface area contributed by atoms with Gasteiger partial charge in [-0.3, -0.25) is 4.90 Å². The highest BCUT2D eigenvalue weighted by Gasteiger charge is 2.32. The topological polar surface area (TPSA) is 38.5 Å². The molecule has 1 unspecified atom stereocenters. The summed E-state index contributed by atoms with van der Waals surface area (Å²) in [6.07, 6.45) is 2.66. The Labute approximate surface area is 117 Å². The van der Waals surface area contributed by atoms with Crippen molar-refractivity contribution in [3.8, 4) is 5.75 Å². The number of methoxy groups -OCH3 is 1. The second-order valence-electron chi connectivity index (χ2n) is 5.01. The molecule has 0 amide bonds. The highest BCUT2D eigenvalue weighted by Crippen LogP contribution is 2.35. The number of hydrogen-bond acceptors (Lipinski definition) is 3. The van der Waals surface area contributed by atoms with Gasteiger partial charge in [0, 0.05) is 23.6 Å². The van der Waals surface area contributed by atoms with Crippen LogP contribution in [-0.4, -0.2) is 31.6 Å². The Bertz CT molecular complexity index is 407. The quantitative estimate of drug-likeness (QED) is 0.877. The van der Waals surface area contributed by atoms with E-state index >= 15 is 0 Å². The SMILES string of the molecule is COc1ccc(CN(C)C(CN)C2CC2)c(Br)c1. The van der Waals surface area contributed by atoms with E-state index in [1.165, 1.54) is 18.4 Å². The Morgan fingerprint density at radius 1 is 1.50 bits per heavy atom. The number of hydrogen-bond donors (Lipinski definition) is 1. The Balaban J connectivity index is 2.03. The molecule has 4 heteroatoms. The Kier molecular flexibility index (Phi) is 4.65. The number of benzene rings is 1. The zero-order valence-corrected chi connectivity index (χ0v) is 12.6. The smallest absolute Gasteiger partial charge is 0.120 e. The lowest BCUT2D eigenvalue weighted by molar-refractivity contribution is 0.215. The van der Waals surface area contributed by atoms with Crippen molar-refractivity contribution in [3.63, 3.8) is 0 Å². The van der Waals surface area contributed by atoms with Gasteiger partial charge in [0.1, 0.15) is 5.75 Å². The van der Waals surface area contributed by atoms with Crippen molar-refractivity contribution in [3.05, 3.63) is 28.2 Å². The number of nitrogens with zero attached hydrogens (tertiary/aromatic N) is 1. The summed E-state index contributed by atoms with van der Waals surface area (Å²) in [4.78, 5) is 2.37. The lowest BCUT2D eigenvalue weighted by Gasteiger charge is -2.27. The van der Waals surface area contributed by atoms with Crippen LogP contribution in [0, 0.1) is 5.92 Å². The third-order valence-corrected chi connectivity index (χ3v) is 4.39. The summed E-state index contributed by atoms with van der Waals surface area (Å²) in [6, 6.07) is 6.64. The molecule has 3 nitrogen and oxygen atoms in total. The molecule has 0 radical (unpaired) electrons. The van der Waals surface area contributed by atoms with Crippen LogP contribution in [-0.2, 0) is 6.54 Å². The van der Waals surface area contributed by atoms with Crippen molar-refractivity contribution in [2.45, 2.75) is 25.4 Å². The molecule has 1 aliphatic rings. The minimum absolute atomic E-state index is 0.513. The minimum Gasteiger partial charge on any atom is -0.497 e. The van der Waals surface area contributed by atoms with Gasteiger partial charge in [-0.05, 0) is 43.5 Å². The number of likely N-dealkylation sites (N-methyl/N-ethyl adjacent to an activating group) is 1. The zero-order chi connectivity index (χ0) is 13.1. The fourth-order valence-electron chi connectivity index (χ4n) is 2.38. The zero-order valence-electron chi connectivity index (χ0n) is 11.0. The highest BCUT2D eigenvalue weighted by atomic mass is 79.9. The first-order chi connectivity index (χ1) is 8.65. The average molecular weight is 313 g/mol. The van der Waals surface area contributed by atoms with Crippen LogP contribution in [0.1, 0.15) is 18.4 Å². The molecule has 1 aliphatic carbocycles. The second-order valence-corrected chi connectivity index (χ2v) is 5.87. The fourth-order valence-corrected chi connectivity index (χ4v) is 2.87. The van der Waals surface area contributed by atoms with Gasteiger partial charge in [-0.2, -0.15) is 0 Å². The first-order valence-corrected chi connectivity index (χ1v) is 7.17. The van der Waals surface area contributed by atoms with Crippen molar-refractivity contribution in [1.82, 2.24) is 4.90 Å². The molecule has 1 fully saturated rings. The molecule has 0 spiro atoms. The molecule has 0 heterocycles. The summed E-state index contributed by atoms with van der Waals surface area (Å²) >= 11 is 3.60. The summed E-state index contributed by atoms with van der Waals surface area (Å²) in [5, 5.41) is 0. The molecule has 1 atom stereocenters. The molecule has 0 bridgehead atoms. The molecule has 0 aromatic heterocycles. The molecule has 1 aromatic rings. The first kappa shape index (κ1) is 13.8. The van der Waals surface area contributed by atoms with Crippen LogP contribution in [0.3, 0.4) is 0 Å².